The fraction of sp³-hybridized carbons (Fsp3) is 0. The molecule has 134 valence electrons. The molecule has 7 heteroatoms. The van der Waals surface area contributed by atoms with Crippen molar-refractivity contribution in [2.24, 2.45) is 0 Å². The van der Waals surface area contributed by atoms with E-state index < -0.39 is 0 Å². The Morgan fingerprint density at radius 2 is 1.71 bits per heavy atom. The van der Waals surface area contributed by atoms with E-state index in [1.54, 1.807) is 30.5 Å². The molecule has 2 aromatic heterocycles. The second-order valence-corrected chi connectivity index (χ2v) is 5.90. The van der Waals surface area contributed by atoms with Crippen molar-refractivity contribution in [3.05, 3.63) is 84.4 Å². The molecule has 2 aromatic carbocycles. The van der Waals surface area contributed by atoms with Gasteiger partial charge in [0.05, 0.1) is 34.8 Å². The monoisotopic (exact) mass is 366 g/mol. The molecule has 2 N–H and O–H groups in total. The number of pyridine rings is 1. The van der Waals surface area contributed by atoms with Crippen LogP contribution >= 0.6 is 0 Å². The van der Waals surface area contributed by atoms with Crippen molar-refractivity contribution in [1.82, 2.24) is 15.0 Å². The predicted octanol–water partition coefficient (Wildman–Crippen LogP) is 3.89. The highest BCUT2D eigenvalue weighted by atomic mass is 16.1. The number of anilines is 3. The van der Waals surface area contributed by atoms with Crippen LogP contribution in [0.2, 0.25) is 0 Å². The molecule has 0 aliphatic heterocycles. The highest BCUT2D eigenvalue weighted by molar-refractivity contribution is 6.07. The number of hydrogen-bond acceptors (Lipinski definition) is 6. The Labute approximate surface area is 160 Å². The van der Waals surface area contributed by atoms with Gasteiger partial charge in [0.1, 0.15) is 17.6 Å². The Balaban J connectivity index is 1.52. The third-order valence-electron chi connectivity index (χ3n) is 4.08. The Morgan fingerprint density at radius 1 is 0.893 bits per heavy atom. The minimum atomic E-state index is -0.380. The number of benzene rings is 2. The zero-order valence-corrected chi connectivity index (χ0v) is 14.6. The van der Waals surface area contributed by atoms with Gasteiger partial charge in [-0.25, -0.2) is 9.97 Å². The second-order valence-electron chi connectivity index (χ2n) is 5.90. The number of para-hydroxylation sites is 2. The Bertz CT molecular complexity index is 1190. The molecule has 2 heterocycles. The Morgan fingerprint density at radius 3 is 2.54 bits per heavy atom. The van der Waals surface area contributed by atoms with Crippen LogP contribution in [0.25, 0.3) is 10.9 Å². The van der Waals surface area contributed by atoms with Crippen molar-refractivity contribution in [2.45, 2.75) is 0 Å². The maximum absolute atomic E-state index is 12.5. The smallest absolute Gasteiger partial charge is 0.275 e. The SMILES string of the molecule is N#Cc1ccccc1Nc1cnc(C(=O)Nc2cccc3cccnc23)cn1. The number of aromatic nitrogens is 3. The summed E-state index contributed by atoms with van der Waals surface area (Å²) >= 11 is 0. The first-order valence-corrected chi connectivity index (χ1v) is 8.48. The normalized spacial score (nSPS) is 10.2. The van der Waals surface area contributed by atoms with Gasteiger partial charge in [0, 0.05) is 11.6 Å². The minimum absolute atomic E-state index is 0.173. The van der Waals surface area contributed by atoms with Gasteiger partial charge in [0.25, 0.3) is 5.91 Å². The van der Waals surface area contributed by atoms with E-state index in [0.29, 0.717) is 28.3 Å². The number of fused-ring (bicyclic) bond motifs is 1. The molecule has 0 aliphatic rings. The summed E-state index contributed by atoms with van der Waals surface area (Å²) in [5.74, 6) is 0.0562. The average molecular weight is 366 g/mol. The van der Waals surface area contributed by atoms with Gasteiger partial charge in [-0.3, -0.25) is 9.78 Å². The second kappa shape index (κ2) is 7.51. The maximum atomic E-state index is 12.5. The molecule has 7 nitrogen and oxygen atoms in total. The van der Waals surface area contributed by atoms with Crippen LogP contribution in [0.4, 0.5) is 17.2 Å². The van der Waals surface area contributed by atoms with E-state index in [9.17, 15) is 4.79 Å². The Hall–Kier alpha value is -4.31. The lowest BCUT2D eigenvalue weighted by molar-refractivity contribution is 0.102. The summed E-state index contributed by atoms with van der Waals surface area (Å²) in [5.41, 5.74) is 2.60. The molecule has 0 saturated carbocycles. The van der Waals surface area contributed by atoms with Crippen molar-refractivity contribution >= 4 is 34.0 Å². The molecule has 1 amide bonds. The molecule has 0 spiro atoms. The van der Waals surface area contributed by atoms with Gasteiger partial charge in [-0.2, -0.15) is 5.26 Å². The van der Waals surface area contributed by atoms with E-state index in [2.05, 4.69) is 31.7 Å². The molecule has 0 atom stereocenters. The molecule has 4 rings (SSSR count). The topological polar surface area (TPSA) is 104 Å². The third-order valence-corrected chi connectivity index (χ3v) is 4.08. The summed E-state index contributed by atoms with van der Waals surface area (Å²) < 4.78 is 0. The summed E-state index contributed by atoms with van der Waals surface area (Å²) in [7, 11) is 0. The zero-order chi connectivity index (χ0) is 19.3. The number of carbonyl (C=O) groups excluding carboxylic acids is 1. The first-order chi connectivity index (χ1) is 13.7. The molecule has 0 fully saturated rings. The van der Waals surface area contributed by atoms with Gasteiger partial charge in [-0.05, 0) is 24.3 Å². The van der Waals surface area contributed by atoms with Crippen LogP contribution < -0.4 is 10.6 Å². The molecular formula is C21H14N6O. The van der Waals surface area contributed by atoms with E-state index in [1.165, 1.54) is 12.4 Å². The molecule has 0 saturated heterocycles. The number of carbonyl (C=O) groups is 1. The van der Waals surface area contributed by atoms with E-state index in [-0.39, 0.29) is 11.6 Å². The zero-order valence-electron chi connectivity index (χ0n) is 14.6. The number of amides is 1. The number of hydrogen-bond donors (Lipinski definition) is 2. The van der Waals surface area contributed by atoms with Crippen LogP contribution in [0, 0.1) is 11.3 Å². The van der Waals surface area contributed by atoms with E-state index in [0.717, 1.165) is 5.39 Å². The first-order valence-electron chi connectivity index (χ1n) is 8.48. The van der Waals surface area contributed by atoms with Crippen LogP contribution in [0.15, 0.2) is 73.2 Å². The fourth-order valence-electron chi connectivity index (χ4n) is 2.73. The lowest BCUT2D eigenvalue weighted by atomic mass is 10.2. The summed E-state index contributed by atoms with van der Waals surface area (Å²) in [5, 5.41) is 15.9. The summed E-state index contributed by atoms with van der Waals surface area (Å²) in [4.78, 5) is 25.2. The van der Waals surface area contributed by atoms with Crippen LogP contribution in [0.3, 0.4) is 0 Å². The quantitative estimate of drug-likeness (QED) is 0.568. The Kier molecular flexibility index (Phi) is 4.59. The molecule has 4 aromatic rings. The van der Waals surface area contributed by atoms with Gasteiger partial charge < -0.3 is 10.6 Å². The van der Waals surface area contributed by atoms with Crippen molar-refractivity contribution in [1.29, 1.82) is 5.26 Å². The van der Waals surface area contributed by atoms with Crippen LogP contribution in [-0.2, 0) is 0 Å². The van der Waals surface area contributed by atoms with Crippen molar-refractivity contribution in [3.63, 3.8) is 0 Å². The fourth-order valence-corrected chi connectivity index (χ4v) is 2.73. The van der Waals surface area contributed by atoms with Gasteiger partial charge in [0.15, 0.2) is 0 Å². The average Bonchev–Trinajstić information content (AvgIpc) is 2.75. The van der Waals surface area contributed by atoms with Crippen molar-refractivity contribution in [3.8, 4) is 6.07 Å². The molecule has 0 radical (unpaired) electrons. The maximum Gasteiger partial charge on any atom is 0.275 e. The molecule has 0 unspecified atom stereocenters. The van der Waals surface area contributed by atoms with Crippen LogP contribution in [0.5, 0.6) is 0 Å². The number of nitrogens with zero attached hydrogens (tertiary/aromatic N) is 4. The van der Waals surface area contributed by atoms with Gasteiger partial charge >= 0.3 is 0 Å². The van der Waals surface area contributed by atoms with Gasteiger partial charge in [0.2, 0.25) is 0 Å². The lowest BCUT2D eigenvalue weighted by Gasteiger charge is -2.09. The molecular weight excluding hydrogens is 352 g/mol. The van der Waals surface area contributed by atoms with Gasteiger partial charge in [-0.1, -0.05) is 30.3 Å². The summed E-state index contributed by atoms with van der Waals surface area (Å²) in [6.45, 7) is 0. The highest BCUT2D eigenvalue weighted by Gasteiger charge is 2.11. The number of nitriles is 1. The van der Waals surface area contributed by atoms with Crippen LogP contribution in [-0.4, -0.2) is 20.9 Å². The van der Waals surface area contributed by atoms with Gasteiger partial charge in [-0.15, -0.1) is 0 Å². The highest BCUT2D eigenvalue weighted by Crippen LogP contribution is 2.21. The van der Waals surface area contributed by atoms with Crippen LogP contribution in [0.1, 0.15) is 16.1 Å². The first kappa shape index (κ1) is 17.1. The summed E-state index contributed by atoms with van der Waals surface area (Å²) in [6, 6.07) is 18.5. The van der Waals surface area contributed by atoms with E-state index in [4.69, 9.17) is 5.26 Å². The lowest BCUT2D eigenvalue weighted by Crippen LogP contribution is -2.14. The third kappa shape index (κ3) is 3.48. The minimum Gasteiger partial charge on any atom is -0.338 e. The van der Waals surface area contributed by atoms with E-state index in [1.807, 2.05) is 30.3 Å². The molecule has 0 bridgehead atoms. The van der Waals surface area contributed by atoms with Crippen molar-refractivity contribution in [2.75, 3.05) is 10.6 Å². The predicted molar refractivity (Wildman–Crippen MR) is 106 cm³/mol. The largest absolute Gasteiger partial charge is 0.338 e. The standard InChI is InChI=1S/C21H14N6O/c22-11-15-5-1-2-8-16(15)26-19-13-24-18(12-25-19)21(28)27-17-9-3-6-14-7-4-10-23-20(14)17/h1-10,12-13H,(H,25,26)(H,27,28). The van der Waals surface area contributed by atoms with Crippen molar-refractivity contribution < 1.29 is 4.79 Å². The van der Waals surface area contributed by atoms with E-state index >= 15 is 0 Å². The summed E-state index contributed by atoms with van der Waals surface area (Å²) in [6.07, 6.45) is 4.51. The molecule has 28 heavy (non-hydrogen) atoms. The molecule has 0 aliphatic carbocycles. The number of rotatable bonds is 4. The number of nitrogens with one attached hydrogen (secondary N) is 2.